The van der Waals surface area contributed by atoms with E-state index in [0.717, 1.165) is 16.8 Å². The van der Waals surface area contributed by atoms with Crippen LogP contribution in [0.5, 0.6) is 0 Å². The molecule has 0 saturated carbocycles. The van der Waals surface area contributed by atoms with Gasteiger partial charge in [0.15, 0.2) is 0 Å². The molecular weight excluding hydrogens is 410 g/mol. The normalized spacial score (nSPS) is 10.9. The minimum atomic E-state index is -0.194. The molecule has 1 amide bonds. The standard InChI is InChI=1S/C24H24ClN5O/c1-18-6-8-20(9-7-18)17-30-24(25)22(19(2)28-30)10-11-23(31)29(14-4-12-26)16-21-5-3-13-27-15-21/h3,5-11,13,15H,4,14,16-17H2,1-2H3. The lowest BCUT2D eigenvalue weighted by Crippen LogP contribution is -2.29. The molecular formula is C24H24ClN5O. The molecule has 0 fully saturated rings. The number of amides is 1. The van der Waals surface area contributed by atoms with Crippen molar-refractivity contribution in [2.45, 2.75) is 33.4 Å². The van der Waals surface area contributed by atoms with Crippen molar-refractivity contribution in [3.8, 4) is 6.07 Å². The topological polar surface area (TPSA) is 74.8 Å². The summed E-state index contributed by atoms with van der Waals surface area (Å²) < 4.78 is 1.73. The van der Waals surface area contributed by atoms with Crippen molar-refractivity contribution >= 4 is 23.6 Å². The van der Waals surface area contributed by atoms with Gasteiger partial charge < -0.3 is 4.90 Å². The van der Waals surface area contributed by atoms with E-state index < -0.39 is 0 Å². The first-order chi connectivity index (χ1) is 15.0. The summed E-state index contributed by atoms with van der Waals surface area (Å²) in [6, 6.07) is 14.0. The number of aryl methyl sites for hydroxylation is 2. The third-order valence-electron chi connectivity index (χ3n) is 4.86. The van der Waals surface area contributed by atoms with Crippen molar-refractivity contribution in [1.29, 1.82) is 5.26 Å². The molecule has 0 spiro atoms. The monoisotopic (exact) mass is 433 g/mol. The third kappa shape index (κ3) is 6.03. The number of nitriles is 1. The molecule has 0 bridgehead atoms. The average Bonchev–Trinajstić information content (AvgIpc) is 3.04. The number of carbonyl (C=O) groups is 1. The lowest BCUT2D eigenvalue weighted by molar-refractivity contribution is -0.126. The summed E-state index contributed by atoms with van der Waals surface area (Å²) in [6.07, 6.45) is 6.84. The Morgan fingerprint density at radius 2 is 2.00 bits per heavy atom. The van der Waals surface area contributed by atoms with E-state index in [-0.39, 0.29) is 12.3 Å². The number of rotatable bonds is 8. The van der Waals surface area contributed by atoms with E-state index in [2.05, 4.69) is 28.3 Å². The molecule has 6 nitrogen and oxygen atoms in total. The second-order valence-corrected chi connectivity index (χ2v) is 7.65. The molecule has 0 saturated heterocycles. The van der Waals surface area contributed by atoms with Gasteiger partial charge in [-0.15, -0.1) is 0 Å². The highest BCUT2D eigenvalue weighted by Crippen LogP contribution is 2.22. The Hall–Kier alpha value is -3.43. The second kappa shape index (κ2) is 10.6. The van der Waals surface area contributed by atoms with Crippen LogP contribution in [0.2, 0.25) is 5.15 Å². The first-order valence-electron chi connectivity index (χ1n) is 9.99. The van der Waals surface area contributed by atoms with E-state index in [9.17, 15) is 4.79 Å². The lowest BCUT2D eigenvalue weighted by Gasteiger charge is -2.19. The Bertz CT molecular complexity index is 1100. The van der Waals surface area contributed by atoms with E-state index in [0.29, 0.717) is 30.4 Å². The van der Waals surface area contributed by atoms with Gasteiger partial charge in [0.05, 0.1) is 24.7 Å². The van der Waals surface area contributed by atoms with Gasteiger partial charge in [-0.1, -0.05) is 47.5 Å². The maximum Gasteiger partial charge on any atom is 0.246 e. The number of halogens is 1. The zero-order chi connectivity index (χ0) is 22.2. The number of aromatic nitrogens is 3. The SMILES string of the molecule is Cc1ccc(Cn2nc(C)c(C=CC(=O)N(CCC#N)Cc3cccnc3)c2Cl)cc1. The molecule has 1 aromatic carbocycles. The van der Waals surface area contributed by atoms with Crippen LogP contribution in [-0.2, 0) is 17.9 Å². The molecule has 0 N–H and O–H groups in total. The van der Waals surface area contributed by atoms with Crippen LogP contribution in [0.15, 0.2) is 54.9 Å². The molecule has 0 unspecified atom stereocenters. The summed E-state index contributed by atoms with van der Waals surface area (Å²) in [4.78, 5) is 18.5. The number of carbonyl (C=O) groups excluding carboxylic acids is 1. The smallest absolute Gasteiger partial charge is 0.246 e. The molecule has 2 aromatic heterocycles. The van der Waals surface area contributed by atoms with Crippen molar-refractivity contribution in [1.82, 2.24) is 19.7 Å². The zero-order valence-electron chi connectivity index (χ0n) is 17.6. The van der Waals surface area contributed by atoms with Crippen molar-refractivity contribution in [3.05, 3.63) is 88.0 Å². The van der Waals surface area contributed by atoms with Crippen LogP contribution in [0.25, 0.3) is 6.08 Å². The Balaban J connectivity index is 1.75. The van der Waals surface area contributed by atoms with Crippen LogP contribution < -0.4 is 0 Å². The number of hydrogen-bond donors (Lipinski definition) is 0. The fourth-order valence-electron chi connectivity index (χ4n) is 3.15. The Kier molecular flexibility index (Phi) is 7.58. The molecule has 0 radical (unpaired) electrons. The van der Waals surface area contributed by atoms with E-state index in [1.807, 2.05) is 38.1 Å². The van der Waals surface area contributed by atoms with Gasteiger partial charge in [0.1, 0.15) is 5.15 Å². The first kappa shape index (κ1) is 22.3. The Morgan fingerprint density at radius 3 is 2.68 bits per heavy atom. The summed E-state index contributed by atoms with van der Waals surface area (Å²) in [6.45, 7) is 5.19. The number of benzene rings is 1. The highest BCUT2D eigenvalue weighted by molar-refractivity contribution is 6.31. The van der Waals surface area contributed by atoms with Gasteiger partial charge in [0.2, 0.25) is 5.91 Å². The zero-order valence-corrected chi connectivity index (χ0v) is 18.4. The summed E-state index contributed by atoms with van der Waals surface area (Å²) in [5, 5.41) is 13.9. The van der Waals surface area contributed by atoms with Crippen LogP contribution in [-0.4, -0.2) is 32.1 Å². The van der Waals surface area contributed by atoms with Crippen molar-refractivity contribution in [2.75, 3.05) is 6.54 Å². The molecule has 2 heterocycles. The number of hydrogen-bond acceptors (Lipinski definition) is 4. The lowest BCUT2D eigenvalue weighted by atomic mass is 10.1. The van der Waals surface area contributed by atoms with Gasteiger partial charge in [-0.3, -0.25) is 9.78 Å². The minimum Gasteiger partial charge on any atom is -0.334 e. The van der Waals surface area contributed by atoms with Crippen LogP contribution >= 0.6 is 11.6 Å². The van der Waals surface area contributed by atoms with E-state index in [1.165, 1.54) is 11.6 Å². The molecule has 0 aliphatic heterocycles. The predicted octanol–water partition coefficient (Wildman–Crippen LogP) is 4.55. The van der Waals surface area contributed by atoms with Crippen molar-refractivity contribution in [3.63, 3.8) is 0 Å². The third-order valence-corrected chi connectivity index (χ3v) is 5.26. The van der Waals surface area contributed by atoms with E-state index in [1.54, 1.807) is 28.1 Å². The predicted molar refractivity (Wildman–Crippen MR) is 121 cm³/mol. The van der Waals surface area contributed by atoms with Gasteiger partial charge in [-0.05, 0) is 37.1 Å². The van der Waals surface area contributed by atoms with Crippen molar-refractivity contribution in [2.24, 2.45) is 0 Å². The minimum absolute atomic E-state index is 0.194. The molecule has 0 atom stereocenters. The molecule has 3 rings (SSSR count). The molecule has 3 aromatic rings. The van der Waals surface area contributed by atoms with Crippen LogP contribution in [0.3, 0.4) is 0 Å². The van der Waals surface area contributed by atoms with Gasteiger partial charge in [-0.2, -0.15) is 10.4 Å². The van der Waals surface area contributed by atoms with Gasteiger partial charge in [-0.25, -0.2) is 4.68 Å². The quantitative estimate of drug-likeness (QED) is 0.488. The van der Waals surface area contributed by atoms with Crippen molar-refractivity contribution < 1.29 is 4.79 Å². The largest absolute Gasteiger partial charge is 0.334 e. The Labute approximate surface area is 187 Å². The van der Waals surface area contributed by atoms with Crippen LogP contribution in [0.1, 0.15) is 34.4 Å². The van der Waals surface area contributed by atoms with Gasteiger partial charge in [0, 0.05) is 37.1 Å². The molecule has 158 valence electrons. The first-order valence-corrected chi connectivity index (χ1v) is 10.4. The number of pyridine rings is 1. The summed E-state index contributed by atoms with van der Waals surface area (Å²) in [7, 11) is 0. The second-order valence-electron chi connectivity index (χ2n) is 7.30. The summed E-state index contributed by atoms with van der Waals surface area (Å²) in [5.41, 5.74) is 4.66. The summed E-state index contributed by atoms with van der Waals surface area (Å²) >= 11 is 6.56. The average molecular weight is 434 g/mol. The van der Waals surface area contributed by atoms with Crippen LogP contribution in [0.4, 0.5) is 0 Å². The molecule has 7 heteroatoms. The maximum absolute atomic E-state index is 12.8. The van der Waals surface area contributed by atoms with Gasteiger partial charge >= 0.3 is 0 Å². The molecule has 0 aliphatic carbocycles. The van der Waals surface area contributed by atoms with E-state index >= 15 is 0 Å². The van der Waals surface area contributed by atoms with Crippen LogP contribution in [0, 0.1) is 25.2 Å². The fourth-order valence-corrected chi connectivity index (χ4v) is 3.45. The molecule has 31 heavy (non-hydrogen) atoms. The maximum atomic E-state index is 12.8. The highest BCUT2D eigenvalue weighted by atomic mass is 35.5. The highest BCUT2D eigenvalue weighted by Gasteiger charge is 2.14. The fraction of sp³-hybridized carbons (Fsp3) is 0.250. The Morgan fingerprint density at radius 1 is 1.23 bits per heavy atom. The summed E-state index contributed by atoms with van der Waals surface area (Å²) in [5.74, 6) is -0.194. The molecule has 0 aliphatic rings. The number of nitrogens with zero attached hydrogens (tertiary/aromatic N) is 5. The van der Waals surface area contributed by atoms with E-state index in [4.69, 9.17) is 16.9 Å². The van der Waals surface area contributed by atoms with Gasteiger partial charge in [0.25, 0.3) is 0 Å².